The lowest BCUT2D eigenvalue weighted by atomic mass is 10.3. The largest absolute Gasteiger partial charge is 0.248 e. The molecule has 104 valence electrons. The summed E-state index contributed by atoms with van der Waals surface area (Å²) < 4.78 is 2.22. The SMILES string of the molecule is [C-]#[N+]/C(=C\c1nc2ccccc2s1)c1nc2ccccc2s1. The van der Waals surface area contributed by atoms with Crippen LogP contribution in [0.4, 0.5) is 0 Å². The van der Waals surface area contributed by atoms with Gasteiger partial charge in [0.25, 0.3) is 0 Å². The van der Waals surface area contributed by atoms with E-state index >= 15 is 0 Å². The third-order valence-corrected chi connectivity index (χ3v) is 5.25. The number of para-hydroxylation sites is 2. The molecular formula is C17H9N3S2. The van der Waals surface area contributed by atoms with Crippen LogP contribution < -0.4 is 0 Å². The molecule has 3 nitrogen and oxygen atoms in total. The highest BCUT2D eigenvalue weighted by molar-refractivity contribution is 7.20. The Kier molecular flexibility index (Phi) is 3.19. The van der Waals surface area contributed by atoms with Gasteiger partial charge in [-0.3, -0.25) is 0 Å². The Bertz CT molecular complexity index is 984. The zero-order valence-electron chi connectivity index (χ0n) is 11.4. The van der Waals surface area contributed by atoms with Crippen molar-refractivity contribution in [2.75, 3.05) is 0 Å². The molecule has 2 aromatic heterocycles. The minimum atomic E-state index is 0.542. The number of hydrogen-bond acceptors (Lipinski definition) is 4. The van der Waals surface area contributed by atoms with Crippen LogP contribution in [0, 0.1) is 6.57 Å². The smallest absolute Gasteiger partial charge is 0.225 e. The molecule has 0 aliphatic carbocycles. The fourth-order valence-corrected chi connectivity index (χ4v) is 4.02. The second-order valence-corrected chi connectivity index (χ2v) is 6.74. The molecule has 0 amide bonds. The average molecular weight is 319 g/mol. The molecule has 0 saturated carbocycles. The highest BCUT2D eigenvalue weighted by atomic mass is 32.1. The lowest BCUT2D eigenvalue weighted by Crippen LogP contribution is -1.77. The van der Waals surface area contributed by atoms with E-state index < -0.39 is 0 Å². The van der Waals surface area contributed by atoms with Crippen LogP contribution >= 0.6 is 22.7 Å². The first kappa shape index (κ1) is 13.1. The maximum absolute atomic E-state index is 7.45. The van der Waals surface area contributed by atoms with Gasteiger partial charge in [0, 0.05) is 0 Å². The number of benzene rings is 2. The Morgan fingerprint density at radius 2 is 1.55 bits per heavy atom. The summed E-state index contributed by atoms with van der Waals surface area (Å²) in [4.78, 5) is 12.7. The molecule has 0 atom stereocenters. The number of aromatic nitrogens is 2. The molecule has 0 radical (unpaired) electrons. The number of thiazole rings is 2. The van der Waals surface area contributed by atoms with Crippen molar-refractivity contribution >= 4 is 54.9 Å². The molecule has 5 heteroatoms. The van der Waals surface area contributed by atoms with Gasteiger partial charge >= 0.3 is 0 Å². The normalized spacial score (nSPS) is 11.9. The van der Waals surface area contributed by atoms with E-state index in [-0.39, 0.29) is 0 Å². The summed E-state index contributed by atoms with van der Waals surface area (Å²) in [5, 5.41) is 1.59. The van der Waals surface area contributed by atoms with Gasteiger partial charge in [0.15, 0.2) is 0 Å². The maximum atomic E-state index is 7.45. The van der Waals surface area contributed by atoms with Gasteiger partial charge in [0.05, 0.1) is 27.0 Å². The second-order valence-electron chi connectivity index (χ2n) is 4.65. The van der Waals surface area contributed by atoms with Crippen molar-refractivity contribution in [2.45, 2.75) is 0 Å². The van der Waals surface area contributed by atoms with E-state index in [0.29, 0.717) is 5.70 Å². The van der Waals surface area contributed by atoms with Gasteiger partial charge in [-0.15, -0.1) is 22.7 Å². The van der Waals surface area contributed by atoms with Crippen molar-refractivity contribution in [3.05, 3.63) is 70.0 Å². The molecular weight excluding hydrogens is 310 g/mol. The van der Waals surface area contributed by atoms with E-state index in [9.17, 15) is 0 Å². The van der Waals surface area contributed by atoms with Crippen LogP contribution in [0.2, 0.25) is 0 Å². The van der Waals surface area contributed by atoms with Crippen LogP contribution in [0.25, 0.3) is 37.1 Å². The molecule has 0 spiro atoms. The van der Waals surface area contributed by atoms with E-state index in [4.69, 9.17) is 6.57 Å². The average Bonchev–Trinajstić information content (AvgIpc) is 3.15. The Balaban J connectivity index is 1.82. The molecule has 0 saturated heterocycles. The van der Waals surface area contributed by atoms with Gasteiger partial charge in [-0.2, -0.15) is 0 Å². The summed E-state index contributed by atoms with van der Waals surface area (Å²) in [6.45, 7) is 7.45. The van der Waals surface area contributed by atoms with Crippen LogP contribution in [0.15, 0.2) is 48.5 Å². The summed E-state index contributed by atoms with van der Waals surface area (Å²) in [6, 6.07) is 15.9. The number of rotatable bonds is 2. The molecule has 0 aliphatic heterocycles. The second kappa shape index (κ2) is 5.34. The highest BCUT2D eigenvalue weighted by Gasteiger charge is 2.10. The van der Waals surface area contributed by atoms with Crippen molar-refractivity contribution in [3.8, 4) is 0 Å². The first-order chi connectivity index (χ1) is 10.8. The Hall–Kier alpha value is -2.55. The van der Waals surface area contributed by atoms with Gasteiger partial charge in [-0.1, -0.05) is 24.3 Å². The molecule has 2 aromatic carbocycles. The summed E-state index contributed by atoms with van der Waals surface area (Å²) in [5.41, 5.74) is 2.44. The fraction of sp³-hybridized carbons (Fsp3) is 0. The first-order valence-corrected chi connectivity index (χ1v) is 8.27. The topological polar surface area (TPSA) is 30.1 Å². The van der Waals surface area contributed by atoms with Crippen molar-refractivity contribution in [2.24, 2.45) is 0 Å². The number of fused-ring (bicyclic) bond motifs is 2. The van der Waals surface area contributed by atoms with E-state index in [1.807, 2.05) is 54.6 Å². The third-order valence-electron chi connectivity index (χ3n) is 3.20. The summed E-state index contributed by atoms with van der Waals surface area (Å²) >= 11 is 3.13. The zero-order chi connectivity index (χ0) is 14.9. The zero-order valence-corrected chi connectivity index (χ0v) is 13.0. The van der Waals surface area contributed by atoms with Gasteiger partial charge in [0.2, 0.25) is 5.70 Å². The van der Waals surface area contributed by atoms with E-state index in [1.54, 1.807) is 11.3 Å². The predicted octanol–water partition coefficient (Wildman–Crippen LogP) is 5.32. The molecule has 0 N–H and O–H groups in total. The minimum Gasteiger partial charge on any atom is -0.248 e. The Morgan fingerprint density at radius 1 is 0.909 bits per heavy atom. The molecule has 4 aromatic rings. The minimum absolute atomic E-state index is 0.542. The van der Waals surface area contributed by atoms with Crippen molar-refractivity contribution in [1.82, 2.24) is 9.97 Å². The molecule has 4 rings (SSSR count). The Labute approximate surface area is 135 Å². The fourth-order valence-electron chi connectivity index (χ4n) is 2.19. The van der Waals surface area contributed by atoms with Crippen molar-refractivity contribution < 1.29 is 0 Å². The molecule has 0 fully saturated rings. The Morgan fingerprint density at radius 3 is 2.18 bits per heavy atom. The number of nitrogens with zero attached hydrogens (tertiary/aromatic N) is 3. The van der Waals surface area contributed by atoms with Gasteiger partial charge in [-0.25, -0.2) is 14.8 Å². The highest BCUT2D eigenvalue weighted by Crippen LogP contribution is 2.31. The third kappa shape index (κ3) is 2.29. The van der Waals surface area contributed by atoms with E-state index in [2.05, 4.69) is 14.8 Å². The summed E-state index contributed by atoms with van der Waals surface area (Å²) in [5.74, 6) is 0. The van der Waals surface area contributed by atoms with Crippen molar-refractivity contribution in [3.63, 3.8) is 0 Å². The number of hydrogen-bond donors (Lipinski definition) is 0. The van der Waals surface area contributed by atoms with Gasteiger partial charge in [0.1, 0.15) is 10.0 Å². The lowest BCUT2D eigenvalue weighted by molar-refractivity contribution is 1.43. The predicted molar refractivity (Wildman–Crippen MR) is 93.7 cm³/mol. The van der Waals surface area contributed by atoms with Gasteiger partial charge < -0.3 is 0 Å². The molecule has 22 heavy (non-hydrogen) atoms. The molecule has 0 unspecified atom stereocenters. The quantitative estimate of drug-likeness (QED) is 0.468. The lowest BCUT2D eigenvalue weighted by Gasteiger charge is -1.90. The van der Waals surface area contributed by atoms with Crippen LogP contribution in [0.3, 0.4) is 0 Å². The standard InChI is InChI=1S/C17H9N3S2/c1-18-13(17-20-12-7-3-5-9-15(12)22-17)10-16-19-11-6-2-4-8-14(11)21-16/h2-10H/b13-10-. The van der Waals surface area contributed by atoms with E-state index in [0.717, 1.165) is 30.4 Å². The molecule has 0 aliphatic rings. The molecule has 2 heterocycles. The summed E-state index contributed by atoms with van der Waals surface area (Å²) in [7, 11) is 0. The van der Waals surface area contributed by atoms with Gasteiger partial charge in [-0.05, 0) is 30.3 Å². The summed E-state index contributed by atoms with van der Waals surface area (Å²) in [6.07, 6.45) is 1.83. The van der Waals surface area contributed by atoms with Crippen LogP contribution in [-0.2, 0) is 0 Å². The van der Waals surface area contributed by atoms with Crippen molar-refractivity contribution in [1.29, 1.82) is 0 Å². The van der Waals surface area contributed by atoms with E-state index in [1.165, 1.54) is 11.3 Å². The first-order valence-electron chi connectivity index (χ1n) is 6.64. The monoisotopic (exact) mass is 319 g/mol. The van der Waals surface area contributed by atoms with Crippen LogP contribution in [0.5, 0.6) is 0 Å². The molecule has 0 bridgehead atoms. The van der Waals surface area contributed by atoms with Crippen LogP contribution in [0.1, 0.15) is 10.0 Å². The maximum Gasteiger partial charge on any atom is 0.225 e. The van der Waals surface area contributed by atoms with Crippen LogP contribution in [-0.4, -0.2) is 9.97 Å².